The highest BCUT2D eigenvalue weighted by atomic mass is 16.6. The molecule has 0 aliphatic rings. The van der Waals surface area contributed by atoms with Crippen LogP contribution < -0.4 is 5.73 Å². The Morgan fingerprint density at radius 3 is 2.17 bits per heavy atom. The lowest BCUT2D eigenvalue weighted by molar-refractivity contribution is -0.112. The van der Waals surface area contributed by atoms with Gasteiger partial charge in [0.1, 0.15) is 7.11 Å². The topological polar surface area (TPSA) is 81.8 Å². The zero-order valence-electron chi connectivity index (χ0n) is 13.3. The number of amides is 1. The lowest BCUT2D eigenvalue weighted by Gasteiger charge is -2.13. The number of benzene rings is 2. The Labute approximate surface area is 134 Å². The maximum atomic E-state index is 12.9. The van der Waals surface area contributed by atoms with E-state index in [2.05, 4.69) is 5.16 Å². The average molecular weight is 310 g/mol. The van der Waals surface area contributed by atoms with E-state index in [-0.39, 0.29) is 11.5 Å². The number of hydrogen-bond acceptors (Lipinski definition) is 4. The molecule has 2 aromatic carbocycles. The smallest absolute Gasteiger partial charge is 0.271 e. The number of rotatable bonds is 5. The van der Waals surface area contributed by atoms with Gasteiger partial charge >= 0.3 is 0 Å². The second kappa shape index (κ2) is 6.87. The second-order valence-electron chi connectivity index (χ2n) is 5.13. The van der Waals surface area contributed by atoms with E-state index >= 15 is 0 Å². The molecule has 2 rings (SSSR count). The minimum absolute atomic E-state index is 0.0671. The zero-order chi connectivity index (χ0) is 17.0. The average Bonchev–Trinajstić information content (AvgIpc) is 2.52. The van der Waals surface area contributed by atoms with Gasteiger partial charge in [-0.15, -0.1) is 0 Å². The predicted molar refractivity (Wildman–Crippen MR) is 88.5 cm³/mol. The molecule has 2 N–H and O–H groups in total. The molecule has 0 bridgehead atoms. The molecule has 0 unspecified atom stereocenters. The Hall–Kier alpha value is -2.95. The Kier molecular flexibility index (Phi) is 4.91. The lowest BCUT2D eigenvalue weighted by Crippen LogP contribution is -2.27. The normalized spacial score (nSPS) is 11.2. The number of carbonyl (C=O) groups excluding carboxylic acids is 2. The first-order valence-electron chi connectivity index (χ1n) is 7.08. The first-order chi connectivity index (χ1) is 11.0. The van der Waals surface area contributed by atoms with Gasteiger partial charge in [0, 0.05) is 16.7 Å². The van der Waals surface area contributed by atoms with E-state index in [1.807, 2.05) is 19.1 Å². The highest BCUT2D eigenvalue weighted by Gasteiger charge is 2.23. The first-order valence-corrected chi connectivity index (χ1v) is 7.08. The van der Waals surface area contributed by atoms with Gasteiger partial charge in [-0.3, -0.25) is 9.59 Å². The molecule has 0 spiro atoms. The van der Waals surface area contributed by atoms with Crippen LogP contribution >= 0.6 is 0 Å². The summed E-state index contributed by atoms with van der Waals surface area (Å²) in [6.07, 6.45) is 0. The van der Waals surface area contributed by atoms with Crippen molar-refractivity contribution >= 4 is 17.4 Å². The summed E-state index contributed by atoms with van der Waals surface area (Å²) >= 11 is 0. The third-order valence-electron chi connectivity index (χ3n) is 3.56. The van der Waals surface area contributed by atoms with E-state index in [1.54, 1.807) is 37.3 Å². The van der Waals surface area contributed by atoms with Crippen LogP contribution in [0.3, 0.4) is 0 Å². The summed E-state index contributed by atoms with van der Waals surface area (Å²) in [5.41, 5.74) is 8.25. The zero-order valence-corrected chi connectivity index (χ0v) is 13.3. The van der Waals surface area contributed by atoms with Crippen LogP contribution in [-0.2, 0) is 9.63 Å². The Morgan fingerprint density at radius 1 is 0.957 bits per heavy atom. The van der Waals surface area contributed by atoms with Crippen molar-refractivity contribution in [3.63, 3.8) is 0 Å². The van der Waals surface area contributed by atoms with Crippen LogP contribution in [0.15, 0.2) is 47.6 Å². The van der Waals surface area contributed by atoms with Crippen LogP contribution in [-0.4, -0.2) is 24.5 Å². The molecular weight excluding hydrogens is 292 g/mol. The molecular formula is C18H18N2O3. The number of hydrogen-bond donors (Lipinski definition) is 1. The largest absolute Gasteiger partial charge is 0.398 e. The monoisotopic (exact) mass is 310 g/mol. The van der Waals surface area contributed by atoms with Crippen LogP contribution in [0.2, 0.25) is 0 Å². The molecule has 0 aliphatic carbocycles. The van der Waals surface area contributed by atoms with E-state index < -0.39 is 5.91 Å². The maximum Gasteiger partial charge on any atom is 0.271 e. The van der Waals surface area contributed by atoms with Crippen LogP contribution in [0, 0.1) is 13.8 Å². The summed E-state index contributed by atoms with van der Waals surface area (Å²) in [5, 5.41) is 3.70. The molecule has 118 valence electrons. The number of nitrogens with two attached hydrogens (primary N) is 1. The minimum atomic E-state index is -0.750. The van der Waals surface area contributed by atoms with Crippen molar-refractivity contribution in [1.82, 2.24) is 0 Å². The number of carbonyl (C=O) groups is 2. The van der Waals surface area contributed by atoms with Crippen molar-refractivity contribution in [3.8, 4) is 0 Å². The summed E-state index contributed by atoms with van der Waals surface area (Å²) in [6.45, 7) is 3.65. The number of oxime groups is 1. The molecule has 0 fully saturated rings. The molecule has 0 saturated carbocycles. The summed E-state index contributed by atoms with van der Waals surface area (Å²) in [6, 6.07) is 12.5. The Morgan fingerprint density at radius 2 is 1.57 bits per heavy atom. The number of aryl methyl sites for hydroxylation is 2. The van der Waals surface area contributed by atoms with Gasteiger partial charge in [-0.25, -0.2) is 0 Å². The number of nitrogens with zero attached hydrogens (tertiary/aromatic N) is 1. The van der Waals surface area contributed by atoms with Gasteiger partial charge in [0.15, 0.2) is 11.5 Å². The second-order valence-corrected chi connectivity index (χ2v) is 5.13. The molecule has 0 saturated heterocycles. The van der Waals surface area contributed by atoms with Crippen LogP contribution in [0.25, 0.3) is 0 Å². The van der Waals surface area contributed by atoms with E-state index in [0.717, 1.165) is 11.1 Å². The molecule has 0 aliphatic heterocycles. The molecule has 5 heteroatoms. The van der Waals surface area contributed by atoms with Crippen molar-refractivity contribution in [3.05, 3.63) is 70.3 Å². The molecule has 0 aromatic heterocycles. The molecule has 23 heavy (non-hydrogen) atoms. The molecule has 0 atom stereocenters. The van der Waals surface area contributed by atoms with E-state index in [9.17, 15) is 9.59 Å². The van der Waals surface area contributed by atoms with Gasteiger partial charge in [-0.1, -0.05) is 47.6 Å². The van der Waals surface area contributed by atoms with Crippen molar-refractivity contribution in [1.29, 1.82) is 0 Å². The van der Waals surface area contributed by atoms with Gasteiger partial charge < -0.3 is 10.6 Å². The molecule has 1 amide bonds. The minimum Gasteiger partial charge on any atom is -0.398 e. The van der Waals surface area contributed by atoms with Crippen molar-refractivity contribution in [2.45, 2.75) is 13.8 Å². The first kappa shape index (κ1) is 16.4. The highest BCUT2D eigenvalue weighted by Crippen LogP contribution is 2.21. The summed E-state index contributed by atoms with van der Waals surface area (Å²) in [5.74, 6) is -0.938. The number of primary amides is 1. The SMILES string of the molecule is CO/N=C(/C(N)=O)c1c(C)cccc1C(=O)c1ccccc1C. The van der Waals surface area contributed by atoms with Gasteiger partial charge in [0.25, 0.3) is 5.91 Å². The number of ketones is 1. The third-order valence-corrected chi connectivity index (χ3v) is 3.56. The molecule has 5 nitrogen and oxygen atoms in total. The van der Waals surface area contributed by atoms with E-state index in [0.29, 0.717) is 16.7 Å². The maximum absolute atomic E-state index is 12.9. The predicted octanol–water partition coefficient (Wildman–Crippen LogP) is 2.37. The quantitative estimate of drug-likeness (QED) is 0.523. The van der Waals surface area contributed by atoms with Crippen LogP contribution in [0.4, 0.5) is 0 Å². The van der Waals surface area contributed by atoms with Crippen LogP contribution in [0.5, 0.6) is 0 Å². The fourth-order valence-electron chi connectivity index (χ4n) is 2.45. The molecule has 0 heterocycles. The Bertz CT molecular complexity index is 795. The molecule has 0 radical (unpaired) electrons. The summed E-state index contributed by atoms with van der Waals surface area (Å²) in [7, 11) is 1.32. The highest BCUT2D eigenvalue weighted by molar-refractivity contribution is 6.46. The van der Waals surface area contributed by atoms with Crippen molar-refractivity contribution in [2.75, 3.05) is 7.11 Å². The standard InChI is InChI=1S/C18H18N2O3/c1-11-7-4-5-9-13(11)17(21)14-10-6-8-12(2)15(14)16(18(19)22)20-23-3/h4-10H,1-3H3,(H2,19,22)/b20-16+. The van der Waals surface area contributed by atoms with Gasteiger partial charge in [-0.05, 0) is 25.0 Å². The van der Waals surface area contributed by atoms with Crippen molar-refractivity contribution in [2.24, 2.45) is 10.9 Å². The van der Waals surface area contributed by atoms with E-state index in [4.69, 9.17) is 10.6 Å². The van der Waals surface area contributed by atoms with E-state index in [1.165, 1.54) is 7.11 Å². The fraction of sp³-hybridized carbons (Fsp3) is 0.167. The summed E-state index contributed by atoms with van der Waals surface area (Å²) in [4.78, 5) is 29.4. The van der Waals surface area contributed by atoms with Crippen LogP contribution in [0.1, 0.15) is 32.6 Å². The van der Waals surface area contributed by atoms with Gasteiger partial charge in [-0.2, -0.15) is 0 Å². The van der Waals surface area contributed by atoms with Gasteiger partial charge in [0.2, 0.25) is 0 Å². The van der Waals surface area contributed by atoms with Crippen molar-refractivity contribution < 1.29 is 14.4 Å². The van der Waals surface area contributed by atoms with Gasteiger partial charge in [0.05, 0.1) is 0 Å². The Balaban J connectivity index is 2.68. The third kappa shape index (κ3) is 3.29. The molecule has 2 aromatic rings. The fourth-order valence-corrected chi connectivity index (χ4v) is 2.45. The summed E-state index contributed by atoms with van der Waals surface area (Å²) < 4.78 is 0. The lowest BCUT2D eigenvalue weighted by atomic mass is 9.90.